The van der Waals surface area contributed by atoms with Gasteiger partial charge in [0.2, 0.25) is 6.79 Å². The van der Waals surface area contributed by atoms with E-state index in [0.717, 1.165) is 22.6 Å². The standard InChI is InChI=1S/C23H31NO6/c1-16(2)28-14-19(25)13-24(11-17-8-9-20-22(10-17)30-15-29-20)12-18-6-5-7-21(26-3)23(18)27-4/h5-10,16,19,25H,11-15H2,1-4H3. The highest BCUT2D eigenvalue weighted by atomic mass is 16.7. The van der Waals surface area contributed by atoms with Crippen molar-refractivity contribution in [1.82, 2.24) is 4.90 Å². The minimum absolute atomic E-state index is 0.0699. The lowest BCUT2D eigenvalue weighted by molar-refractivity contribution is -0.0107. The summed E-state index contributed by atoms with van der Waals surface area (Å²) in [6, 6.07) is 11.7. The monoisotopic (exact) mass is 417 g/mol. The highest BCUT2D eigenvalue weighted by Crippen LogP contribution is 2.34. The summed E-state index contributed by atoms with van der Waals surface area (Å²) in [7, 11) is 3.26. The van der Waals surface area contributed by atoms with Gasteiger partial charge in [-0.15, -0.1) is 0 Å². The zero-order valence-corrected chi connectivity index (χ0v) is 18.1. The lowest BCUT2D eigenvalue weighted by Gasteiger charge is -2.27. The van der Waals surface area contributed by atoms with E-state index in [1.54, 1.807) is 14.2 Å². The van der Waals surface area contributed by atoms with Crippen molar-refractivity contribution in [1.29, 1.82) is 0 Å². The maximum Gasteiger partial charge on any atom is 0.231 e. The lowest BCUT2D eigenvalue weighted by Crippen LogP contribution is -2.35. The van der Waals surface area contributed by atoms with E-state index in [1.165, 1.54) is 0 Å². The van der Waals surface area contributed by atoms with Gasteiger partial charge in [0.1, 0.15) is 0 Å². The van der Waals surface area contributed by atoms with Gasteiger partial charge >= 0.3 is 0 Å². The van der Waals surface area contributed by atoms with Crippen LogP contribution in [0.4, 0.5) is 0 Å². The Balaban J connectivity index is 1.78. The Bertz CT molecular complexity index is 825. The Morgan fingerprint density at radius 2 is 1.83 bits per heavy atom. The molecule has 0 radical (unpaired) electrons. The van der Waals surface area contributed by atoms with E-state index in [2.05, 4.69) is 4.90 Å². The number of methoxy groups -OCH3 is 2. The quantitative estimate of drug-likeness (QED) is 0.602. The summed E-state index contributed by atoms with van der Waals surface area (Å²) in [6.45, 7) is 6.08. The molecule has 7 heteroatoms. The molecule has 1 heterocycles. The molecule has 1 unspecified atom stereocenters. The molecular weight excluding hydrogens is 386 g/mol. The molecule has 0 aromatic heterocycles. The van der Waals surface area contributed by atoms with Crippen molar-refractivity contribution in [3.63, 3.8) is 0 Å². The first-order valence-corrected chi connectivity index (χ1v) is 10.1. The van der Waals surface area contributed by atoms with Crippen LogP contribution in [-0.4, -0.2) is 56.4 Å². The van der Waals surface area contributed by atoms with Gasteiger partial charge in [-0.25, -0.2) is 0 Å². The summed E-state index contributed by atoms with van der Waals surface area (Å²) >= 11 is 0. The molecule has 1 N–H and O–H groups in total. The molecule has 30 heavy (non-hydrogen) atoms. The summed E-state index contributed by atoms with van der Waals surface area (Å²) in [5, 5.41) is 10.5. The molecule has 164 valence electrons. The van der Waals surface area contributed by atoms with E-state index < -0.39 is 6.10 Å². The van der Waals surface area contributed by atoms with Crippen molar-refractivity contribution in [2.24, 2.45) is 0 Å². The van der Waals surface area contributed by atoms with Crippen molar-refractivity contribution in [3.8, 4) is 23.0 Å². The van der Waals surface area contributed by atoms with E-state index in [-0.39, 0.29) is 19.5 Å². The van der Waals surface area contributed by atoms with Gasteiger partial charge in [-0.3, -0.25) is 4.90 Å². The van der Waals surface area contributed by atoms with Crippen molar-refractivity contribution in [2.75, 3.05) is 34.2 Å². The van der Waals surface area contributed by atoms with E-state index in [1.807, 2.05) is 50.2 Å². The fourth-order valence-electron chi connectivity index (χ4n) is 3.46. The number of benzene rings is 2. The summed E-state index contributed by atoms with van der Waals surface area (Å²) in [5.74, 6) is 2.88. The Labute approximate surface area is 178 Å². The molecule has 0 saturated carbocycles. The van der Waals surface area contributed by atoms with Gasteiger partial charge in [-0.2, -0.15) is 0 Å². The van der Waals surface area contributed by atoms with E-state index in [4.69, 9.17) is 23.7 Å². The molecule has 1 atom stereocenters. The fourth-order valence-corrected chi connectivity index (χ4v) is 3.46. The predicted molar refractivity (Wildman–Crippen MR) is 113 cm³/mol. The smallest absolute Gasteiger partial charge is 0.231 e. The van der Waals surface area contributed by atoms with Crippen LogP contribution in [0.2, 0.25) is 0 Å². The first kappa shape index (κ1) is 22.2. The Hall–Kier alpha value is -2.48. The molecule has 0 saturated heterocycles. The number of nitrogens with zero attached hydrogens (tertiary/aromatic N) is 1. The van der Waals surface area contributed by atoms with Crippen LogP contribution in [0.1, 0.15) is 25.0 Å². The van der Waals surface area contributed by atoms with Gasteiger partial charge in [0.05, 0.1) is 33.0 Å². The third-order valence-corrected chi connectivity index (χ3v) is 4.81. The van der Waals surface area contributed by atoms with Gasteiger partial charge in [0.15, 0.2) is 23.0 Å². The van der Waals surface area contributed by atoms with Crippen LogP contribution in [-0.2, 0) is 17.8 Å². The summed E-state index contributed by atoms with van der Waals surface area (Å²) in [5.41, 5.74) is 2.05. The molecule has 3 rings (SSSR count). The summed E-state index contributed by atoms with van der Waals surface area (Å²) in [6.07, 6.45) is -0.543. The van der Waals surface area contributed by atoms with Gasteiger partial charge in [0.25, 0.3) is 0 Å². The first-order chi connectivity index (χ1) is 14.5. The van der Waals surface area contributed by atoms with Gasteiger partial charge in [-0.05, 0) is 37.6 Å². The molecule has 1 aliphatic heterocycles. The number of hydrogen-bond acceptors (Lipinski definition) is 7. The van der Waals surface area contributed by atoms with Crippen molar-refractivity contribution in [3.05, 3.63) is 47.5 Å². The Morgan fingerprint density at radius 1 is 1.03 bits per heavy atom. The number of fused-ring (bicyclic) bond motifs is 1. The molecule has 7 nitrogen and oxygen atoms in total. The molecule has 2 aromatic rings. The second-order valence-corrected chi connectivity index (χ2v) is 7.55. The molecule has 0 amide bonds. The van der Waals surface area contributed by atoms with Gasteiger partial charge < -0.3 is 28.8 Å². The number of ether oxygens (including phenoxy) is 5. The molecule has 0 spiro atoms. The Kier molecular flexibility index (Phi) is 7.79. The zero-order chi connectivity index (χ0) is 21.5. The molecule has 2 aromatic carbocycles. The van der Waals surface area contributed by atoms with E-state index in [0.29, 0.717) is 31.1 Å². The molecule has 1 aliphatic rings. The molecule has 0 fully saturated rings. The fraction of sp³-hybridized carbons (Fsp3) is 0.478. The van der Waals surface area contributed by atoms with Gasteiger partial charge in [0, 0.05) is 25.2 Å². The van der Waals surface area contributed by atoms with Crippen LogP contribution in [0.15, 0.2) is 36.4 Å². The van der Waals surface area contributed by atoms with E-state index >= 15 is 0 Å². The van der Waals surface area contributed by atoms with Crippen LogP contribution >= 0.6 is 0 Å². The largest absolute Gasteiger partial charge is 0.493 e. The van der Waals surface area contributed by atoms with Crippen molar-refractivity contribution >= 4 is 0 Å². The SMILES string of the molecule is COc1cccc(CN(Cc2ccc3c(c2)OCO3)CC(O)COC(C)C)c1OC. The van der Waals surface area contributed by atoms with Crippen LogP contribution in [0, 0.1) is 0 Å². The van der Waals surface area contributed by atoms with Crippen molar-refractivity contribution < 1.29 is 28.8 Å². The first-order valence-electron chi connectivity index (χ1n) is 10.1. The number of aliphatic hydroxyl groups excluding tert-OH is 1. The maximum absolute atomic E-state index is 10.5. The topological polar surface area (TPSA) is 69.6 Å². The average molecular weight is 418 g/mol. The molecular formula is C23H31NO6. The number of para-hydroxylation sites is 1. The second-order valence-electron chi connectivity index (χ2n) is 7.55. The molecule has 0 aliphatic carbocycles. The second kappa shape index (κ2) is 10.5. The zero-order valence-electron chi connectivity index (χ0n) is 18.1. The summed E-state index contributed by atoms with van der Waals surface area (Å²) < 4.78 is 27.5. The number of rotatable bonds is 11. The molecule has 0 bridgehead atoms. The lowest BCUT2D eigenvalue weighted by atomic mass is 10.1. The third-order valence-electron chi connectivity index (χ3n) is 4.81. The van der Waals surface area contributed by atoms with Crippen LogP contribution in [0.5, 0.6) is 23.0 Å². The van der Waals surface area contributed by atoms with Crippen LogP contribution in [0.25, 0.3) is 0 Å². The van der Waals surface area contributed by atoms with Crippen molar-refractivity contribution in [2.45, 2.75) is 39.1 Å². The minimum Gasteiger partial charge on any atom is -0.493 e. The highest BCUT2D eigenvalue weighted by molar-refractivity contribution is 5.47. The van der Waals surface area contributed by atoms with Gasteiger partial charge in [-0.1, -0.05) is 18.2 Å². The normalized spacial score (nSPS) is 13.7. The highest BCUT2D eigenvalue weighted by Gasteiger charge is 2.19. The minimum atomic E-state index is -0.613. The summed E-state index contributed by atoms with van der Waals surface area (Å²) in [4.78, 5) is 2.16. The Morgan fingerprint density at radius 3 is 2.57 bits per heavy atom. The average Bonchev–Trinajstić information content (AvgIpc) is 3.19. The maximum atomic E-state index is 10.5. The van der Waals surface area contributed by atoms with Crippen LogP contribution in [0.3, 0.4) is 0 Å². The number of hydrogen-bond donors (Lipinski definition) is 1. The third kappa shape index (κ3) is 5.78. The van der Waals surface area contributed by atoms with Crippen LogP contribution < -0.4 is 18.9 Å². The predicted octanol–water partition coefficient (Wildman–Crippen LogP) is 3.22. The number of aliphatic hydroxyl groups is 1. The van der Waals surface area contributed by atoms with E-state index in [9.17, 15) is 5.11 Å².